The summed E-state index contributed by atoms with van der Waals surface area (Å²) in [6.45, 7) is 1.73. The molecule has 4 bridgehead atoms. The lowest BCUT2D eigenvalue weighted by atomic mass is 9.54. The number of sulfone groups is 1. The molecule has 0 saturated heterocycles. The standard InChI is InChI=1S/C22H28N2O7S/c1-3-18(21(25)23-20-15-7-12-6-13(9-15)10-16(20)8-12)31-22(26)14-4-5-19(32(2,29)30)17(11-14)24(27)28/h4-5,11-13,15-16,18,20H,3,6-10H2,1-2H3,(H,23,25). The number of nitrogens with zero attached hydrogens (tertiary/aromatic N) is 1. The van der Waals surface area contributed by atoms with Gasteiger partial charge in [-0.3, -0.25) is 14.9 Å². The molecule has 0 radical (unpaired) electrons. The first-order valence-corrected chi connectivity index (χ1v) is 13.0. The van der Waals surface area contributed by atoms with Gasteiger partial charge in [0, 0.05) is 18.4 Å². The largest absolute Gasteiger partial charge is 0.449 e. The normalized spacial score (nSPS) is 29.4. The molecule has 1 N–H and O–H groups in total. The lowest BCUT2D eigenvalue weighted by molar-refractivity contribution is -0.387. The average molecular weight is 465 g/mol. The summed E-state index contributed by atoms with van der Waals surface area (Å²) in [4.78, 5) is 35.5. The summed E-state index contributed by atoms with van der Waals surface area (Å²) < 4.78 is 28.9. The number of rotatable bonds is 7. The van der Waals surface area contributed by atoms with E-state index in [2.05, 4.69) is 5.32 Å². The molecule has 4 fully saturated rings. The molecule has 174 valence electrons. The van der Waals surface area contributed by atoms with Gasteiger partial charge in [0.05, 0.1) is 10.5 Å². The van der Waals surface area contributed by atoms with E-state index in [4.69, 9.17) is 4.74 Å². The van der Waals surface area contributed by atoms with E-state index in [1.165, 1.54) is 6.42 Å². The zero-order valence-corrected chi connectivity index (χ0v) is 19.0. The van der Waals surface area contributed by atoms with Crippen LogP contribution in [0.3, 0.4) is 0 Å². The zero-order valence-electron chi connectivity index (χ0n) is 18.2. The highest BCUT2D eigenvalue weighted by molar-refractivity contribution is 7.90. The molecule has 1 aromatic carbocycles. The van der Waals surface area contributed by atoms with Crippen LogP contribution in [0.4, 0.5) is 5.69 Å². The zero-order chi connectivity index (χ0) is 23.2. The van der Waals surface area contributed by atoms with Crippen LogP contribution in [0.5, 0.6) is 0 Å². The lowest BCUT2D eigenvalue weighted by Crippen LogP contribution is -2.57. The molecule has 32 heavy (non-hydrogen) atoms. The van der Waals surface area contributed by atoms with Gasteiger partial charge >= 0.3 is 5.97 Å². The fraction of sp³-hybridized carbons (Fsp3) is 0.636. The molecule has 0 spiro atoms. The molecule has 1 atom stereocenters. The van der Waals surface area contributed by atoms with Crippen LogP contribution in [0.2, 0.25) is 0 Å². The van der Waals surface area contributed by atoms with Crippen molar-refractivity contribution in [3.8, 4) is 0 Å². The molecule has 9 nitrogen and oxygen atoms in total. The first-order chi connectivity index (χ1) is 15.1. The highest BCUT2D eigenvalue weighted by atomic mass is 32.2. The van der Waals surface area contributed by atoms with Gasteiger partial charge in [-0.2, -0.15) is 0 Å². The van der Waals surface area contributed by atoms with Crippen molar-refractivity contribution >= 4 is 27.4 Å². The van der Waals surface area contributed by atoms with E-state index in [0.717, 1.165) is 62.0 Å². The summed E-state index contributed by atoms with van der Waals surface area (Å²) in [6, 6.07) is 3.16. The molecule has 5 rings (SSSR count). The molecular formula is C22H28N2O7S. The van der Waals surface area contributed by atoms with Crippen LogP contribution in [0.1, 0.15) is 55.8 Å². The first-order valence-electron chi connectivity index (χ1n) is 11.1. The van der Waals surface area contributed by atoms with Crippen LogP contribution < -0.4 is 5.32 Å². The number of carbonyl (C=O) groups excluding carboxylic acids is 2. The second kappa shape index (κ2) is 8.46. The molecule has 1 unspecified atom stereocenters. The maximum atomic E-state index is 12.9. The van der Waals surface area contributed by atoms with Gasteiger partial charge in [0.2, 0.25) is 0 Å². The second-order valence-corrected chi connectivity index (χ2v) is 11.5. The quantitative estimate of drug-likeness (QED) is 0.373. The number of nitro groups is 1. The predicted octanol–water partition coefficient (Wildman–Crippen LogP) is 2.87. The van der Waals surface area contributed by atoms with Gasteiger partial charge in [-0.1, -0.05) is 6.92 Å². The van der Waals surface area contributed by atoms with Crippen molar-refractivity contribution in [2.24, 2.45) is 23.7 Å². The SMILES string of the molecule is CCC(OC(=O)c1ccc(S(C)(=O)=O)c([N+](=O)[O-])c1)C(=O)NC1C2CC3CC(C2)CC1C3. The van der Waals surface area contributed by atoms with Crippen molar-refractivity contribution in [2.75, 3.05) is 6.26 Å². The number of hydrogen-bond acceptors (Lipinski definition) is 7. The molecule has 4 aliphatic rings. The van der Waals surface area contributed by atoms with E-state index in [1.54, 1.807) is 6.92 Å². The minimum absolute atomic E-state index is 0.109. The third kappa shape index (κ3) is 4.37. The van der Waals surface area contributed by atoms with Gasteiger partial charge in [-0.05, 0) is 74.3 Å². The number of nitro benzene ring substituents is 1. The summed E-state index contributed by atoms with van der Waals surface area (Å²) in [6.07, 6.45) is 5.98. The van der Waals surface area contributed by atoms with E-state index in [1.807, 2.05) is 0 Å². The summed E-state index contributed by atoms with van der Waals surface area (Å²) in [5.74, 6) is 1.26. The Balaban J connectivity index is 1.45. The van der Waals surface area contributed by atoms with Crippen molar-refractivity contribution in [1.29, 1.82) is 0 Å². The Bertz CT molecular complexity index is 1020. The molecule has 0 aromatic heterocycles. The number of amides is 1. The highest BCUT2D eigenvalue weighted by Gasteiger charge is 2.49. The first kappa shape index (κ1) is 22.7. The second-order valence-electron chi connectivity index (χ2n) is 9.48. The molecule has 1 aromatic rings. The van der Waals surface area contributed by atoms with Gasteiger partial charge in [-0.15, -0.1) is 0 Å². The Labute approximate surface area is 187 Å². The van der Waals surface area contributed by atoms with Crippen molar-refractivity contribution < 1.29 is 27.7 Å². The third-order valence-electron chi connectivity index (χ3n) is 7.24. The summed E-state index contributed by atoms with van der Waals surface area (Å²) in [7, 11) is -3.84. The Morgan fingerprint density at radius 2 is 1.75 bits per heavy atom. The van der Waals surface area contributed by atoms with Crippen molar-refractivity contribution in [3.05, 3.63) is 33.9 Å². The van der Waals surface area contributed by atoms with Gasteiger partial charge in [0.1, 0.15) is 4.90 Å². The smallest absolute Gasteiger partial charge is 0.339 e. The number of benzene rings is 1. The third-order valence-corrected chi connectivity index (χ3v) is 8.38. The minimum Gasteiger partial charge on any atom is -0.449 e. The number of hydrogen-bond donors (Lipinski definition) is 1. The summed E-state index contributed by atoms with van der Waals surface area (Å²) >= 11 is 0. The lowest BCUT2D eigenvalue weighted by Gasteiger charge is -2.54. The van der Waals surface area contributed by atoms with Gasteiger partial charge in [0.15, 0.2) is 15.9 Å². The van der Waals surface area contributed by atoms with Crippen molar-refractivity contribution in [1.82, 2.24) is 5.32 Å². The fourth-order valence-corrected chi connectivity index (χ4v) is 6.87. The average Bonchev–Trinajstić information content (AvgIpc) is 2.72. The molecule has 0 heterocycles. The number of carbonyl (C=O) groups is 2. The monoisotopic (exact) mass is 464 g/mol. The Morgan fingerprint density at radius 1 is 1.16 bits per heavy atom. The van der Waals surface area contributed by atoms with Crippen molar-refractivity contribution in [2.45, 2.75) is 62.5 Å². The van der Waals surface area contributed by atoms with Gasteiger partial charge < -0.3 is 10.1 Å². The van der Waals surface area contributed by atoms with Crippen molar-refractivity contribution in [3.63, 3.8) is 0 Å². The number of nitrogens with one attached hydrogen (secondary N) is 1. The Kier molecular flexibility index (Phi) is 6.00. The fourth-order valence-electron chi connectivity index (χ4n) is 6.04. The number of esters is 1. The molecule has 10 heteroatoms. The highest BCUT2D eigenvalue weighted by Crippen LogP contribution is 2.53. The minimum atomic E-state index is -3.84. The summed E-state index contributed by atoms with van der Waals surface area (Å²) in [5.41, 5.74) is -0.877. The molecule has 4 saturated carbocycles. The van der Waals surface area contributed by atoms with E-state index < -0.39 is 37.4 Å². The Hall–Kier alpha value is -2.49. The maximum absolute atomic E-state index is 12.9. The van der Waals surface area contributed by atoms with Gasteiger partial charge in [0.25, 0.3) is 11.6 Å². The maximum Gasteiger partial charge on any atom is 0.339 e. The van der Waals surface area contributed by atoms with Crippen LogP contribution in [0, 0.1) is 33.8 Å². The molecule has 4 aliphatic carbocycles. The topological polar surface area (TPSA) is 133 Å². The van der Waals surface area contributed by atoms with E-state index in [-0.39, 0.29) is 23.9 Å². The van der Waals surface area contributed by atoms with Crippen LogP contribution in [0.15, 0.2) is 23.1 Å². The van der Waals surface area contributed by atoms with Crippen LogP contribution in [0.25, 0.3) is 0 Å². The predicted molar refractivity (Wildman–Crippen MR) is 115 cm³/mol. The molecular weight excluding hydrogens is 436 g/mol. The van der Waals surface area contributed by atoms with Crippen LogP contribution in [-0.2, 0) is 19.4 Å². The van der Waals surface area contributed by atoms with Gasteiger partial charge in [-0.25, -0.2) is 13.2 Å². The summed E-state index contributed by atoms with van der Waals surface area (Å²) in [5, 5.41) is 14.4. The van der Waals surface area contributed by atoms with E-state index in [9.17, 15) is 28.1 Å². The Morgan fingerprint density at radius 3 is 2.25 bits per heavy atom. The van der Waals surface area contributed by atoms with Crippen LogP contribution >= 0.6 is 0 Å². The van der Waals surface area contributed by atoms with E-state index >= 15 is 0 Å². The molecule has 1 amide bonds. The molecule has 0 aliphatic heterocycles. The number of ether oxygens (including phenoxy) is 1. The van der Waals surface area contributed by atoms with E-state index in [0.29, 0.717) is 11.8 Å². The van der Waals surface area contributed by atoms with Crippen LogP contribution in [-0.4, -0.2) is 43.6 Å².